The van der Waals surface area contributed by atoms with Crippen molar-refractivity contribution in [3.05, 3.63) is 54.1 Å². The molecule has 1 heterocycles. The molecule has 1 fully saturated rings. The lowest BCUT2D eigenvalue weighted by atomic mass is 10.2. The minimum Gasteiger partial charge on any atom is -0.495 e. The molecule has 166 valence electrons. The van der Waals surface area contributed by atoms with Crippen LogP contribution in [0.4, 0.5) is 20.2 Å². The van der Waals surface area contributed by atoms with E-state index < -0.39 is 23.4 Å². The van der Waals surface area contributed by atoms with E-state index in [2.05, 4.69) is 20.4 Å². The molecule has 0 unspecified atom stereocenters. The Hall–Kier alpha value is -3.20. The Morgan fingerprint density at radius 1 is 1.03 bits per heavy atom. The number of para-hydroxylation sites is 2. The van der Waals surface area contributed by atoms with Crippen LogP contribution in [0.5, 0.6) is 5.75 Å². The van der Waals surface area contributed by atoms with Gasteiger partial charge in [-0.05, 0) is 37.2 Å². The Balaban J connectivity index is 1.35. The number of rotatable bonds is 7. The number of hydrogen-bond acceptors (Lipinski definition) is 5. The van der Waals surface area contributed by atoms with Crippen LogP contribution in [0.2, 0.25) is 0 Å². The van der Waals surface area contributed by atoms with Crippen LogP contribution in [0.3, 0.4) is 0 Å². The van der Waals surface area contributed by atoms with Crippen LogP contribution in [-0.2, 0) is 9.59 Å². The number of nitrogens with zero attached hydrogens (tertiary/aromatic N) is 2. The van der Waals surface area contributed by atoms with Crippen molar-refractivity contribution in [1.82, 2.24) is 10.2 Å². The summed E-state index contributed by atoms with van der Waals surface area (Å²) < 4.78 is 31.9. The maximum atomic E-state index is 13.6. The minimum absolute atomic E-state index is 0.241. The molecule has 0 bridgehead atoms. The van der Waals surface area contributed by atoms with Gasteiger partial charge in [0.15, 0.2) is 0 Å². The number of anilines is 2. The number of nitrogens with one attached hydrogen (secondary N) is 2. The second kappa shape index (κ2) is 10.7. The highest BCUT2D eigenvalue weighted by Crippen LogP contribution is 2.28. The van der Waals surface area contributed by atoms with E-state index in [1.165, 1.54) is 0 Å². The summed E-state index contributed by atoms with van der Waals surface area (Å²) in [5.41, 5.74) is 0.843. The molecule has 2 N–H and O–H groups in total. The van der Waals surface area contributed by atoms with E-state index in [4.69, 9.17) is 4.74 Å². The summed E-state index contributed by atoms with van der Waals surface area (Å²) in [5, 5.41) is 4.66. The highest BCUT2D eigenvalue weighted by atomic mass is 19.1. The zero-order valence-electron chi connectivity index (χ0n) is 17.4. The first kappa shape index (κ1) is 22.5. The number of halogens is 2. The highest BCUT2D eigenvalue weighted by molar-refractivity contribution is 6.39. The third-order valence-electron chi connectivity index (χ3n) is 5.12. The summed E-state index contributed by atoms with van der Waals surface area (Å²) in [6, 6.07) is 10.7. The Morgan fingerprint density at radius 3 is 2.48 bits per heavy atom. The van der Waals surface area contributed by atoms with Gasteiger partial charge in [0.1, 0.15) is 17.4 Å². The predicted octanol–water partition coefficient (Wildman–Crippen LogP) is 2.24. The molecule has 0 atom stereocenters. The molecule has 3 rings (SSSR count). The van der Waals surface area contributed by atoms with Gasteiger partial charge in [-0.3, -0.25) is 14.5 Å². The highest BCUT2D eigenvalue weighted by Gasteiger charge is 2.20. The van der Waals surface area contributed by atoms with Crippen molar-refractivity contribution in [2.45, 2.75) is 6.42 Å². The van der Waals surface area contributed by atoms with E-state index in [0.717, 1.165) is 56.3 Å². The molecule has 7 nitrogen and oxygen atoms in total. The van der Waals surface area contributed by atoms with Crippen molar-refractivity contribution in [3.8, 4) is 5.75 Å². The number of carbonyl (C=O) groups excluding carboxylic acids is 2. The number of benzene rings is 2. The molecule has 2 aromatic carbocycles. The van der Waals surface area contributed by atoms with Crippen LogP contribution in [-0.4, -0.2) is 63.1 Å². The molecule has 0 aliphatic carbocycles. The number of hydrogen-bond donors (Lipinski definition) is 2. The molecule has 0 spiro atoms. The standard InChI is InChI=1S/C22H26F2N4O3/c1-31-20-6-3-2-5-19(20)28-13-11-27(12-14-28)10-4-9-25-21(29)22(30)26-18-8-7-16(23)15-17(18)24/h2-3,5-8,15H,4,9-14H2,1H3,(H,25,29)(H,26,30). The van der Waals surface area contributed by atoms with Crippen molar-refractivity contribution in [2.75, 3.05) is 56.6 Å². The first-order valence-electron chi connectivity index (χ1n) is 10.1. The van der Waals surface area contributed by atoms with E-state index >= 15 is 0 Å². The second-order valence-corrected chi connectivity index (χ2v) is 7.19. The van der Waals surface area contributed by atoms with E-state index in [1.54, 1.807) is 7.11 Å². The summed E-state index contributed by atoms with van der Waals surface area (Å²) in [6.45, 7) is 4.63. The minimum atomic E-state index is -0.990. The number of carbonyl (C=O) groups is 2. The third-order valence-corrected chi connectivity index (χ3v) is 5.12. The van der Waals surface area contributed by atoms with Crippen molar-refractivity contribution >= 4 is 23.2 Å². The van der Waals surface area contributed by atoms with Gasteiger partial charge in [-0.15, -0.1) is 0 Å². The molecule has 9 heteroatoms. The monoisotopic (exact) mass is 432 g/mol. The predicted molar refractivity (Wildman–Crippen MR) is 114 cm³/mol. The summed E-state index contributed by atoms with van der Waals surface area (Å²) in [7, 11) is 1.67. The summed E-state index contributed by atoms with van der Waals surface area (Å²) in [4.78, 5) is 28.3. The lowest BCUT2D eigenvalue weighted by molar-refractivity contribution is -0.136. The average molecular weight is 432 g/mol. The van der Waals surface area contributed by atoms with Gasteiger partial charge in [0, 0.05) is 38.8 Å². The van der Waals surface area contributed by atoms with E-state index in [9.17, 15) is 18.4 Å². The Labute approximate surface area is 180 Å². The molecule has 0 radical (unpaired) electrons. The topological polar surface area (TPSA) is 73.9 Å². The first-order valence-corrected chi connectivity index (χ1v) is 10.1. The van der Waals surface area contributed by atoms with Gasteiger partial charge in [-0.2, -0.15) is 0 Å². The Morgan fingerprint density at radius 2 is 1.77 bits per heavy atom. The summed E-state index contributed by atoms with van der Waals surface area (Å²) >= 11 is 0. The summed E-state index contributed by atoms with van der Waals surface area (Å²) in [5.74, 6) is -2.68. The van der Waals surface area contributed by atoms with Crippen LogP contribution in [0.25, 0.3) is 0 Å². The number of methoxy groups -OCH3 is 1. The van der Waals surface area contributed by atoms with Crippen molar-refractivity contribution in [1.29, 1.82) is 0 Å². The van der Waals surface area contributed by atoms with E-state index in [-0.39, 0.29) is 5.69 Å². The fraction of sp³-hybridized carbons (Fsp3) is 0.364. The van der Waals surface area contributed by atoms with Gasteiger partial charge in [0.2, 0.25) is 0 Å². The lowest BCUT2D eigenvalue weighted by Crippen LogP contribution is -2.47. The van der Waals surface area contributed by atoms with Crippen molar-refractivity contribution in [2.24, 2.45) is 0 Å². The van der Waals surface area contributed by atoms with Gasteiger partial charge in [0.05, 0.1) is 18.5 Å². The Bertz CT molecular complexity index is 917. The zero-order valence-corrected chi connectivity index (χ0v) is 17.4. The fourth-order valence-electron chi connectivity index (χ4n) is 3.46. The molecule has 1 aliphatic heterocycles. The van der Waals surface area contributed by atoms with Crippen molar-refractivity contribution < 1.29 is 23.1 Å². The smallest absolute Gasteiger partial charge is 0.313 e. The SMILES string of the molecule is COc1ccccc1N1CCN(CCCNC(=O)C(=O)Nc2ccc(F)cc2F)CC1. The zero-order chi connectivity index (χ0) is 22.2. The number of amides is 2. The van der Waals surface area contributed by atoms with Gasteiger partial charge in [-0.1, -0.05) is 12.1 Å². The number of ether oxygens (including phenoxy) is 1. The molecule has 1 saturated heterocycles. The molecule has 2 aromatic rings. The second-order valence-electron chi connectivity index (χ2n) is 7.19. The van der Waals surface area contributed by atoms with Gasteiger partial charge in [-0.25, -0.2) is 8.78 Å². The van der Waals surface area contributed by atoms with Gasteiger partial charge in [0.25, 0.3) is 0 Å². The van der Waals surface area contributed by atoms with Crippen LogP contribution < -0.4 is 20.3 Å². The average Bonchev–Trinajstić information content (AvgIpc) is 2.78. The van der Waals surface area contributed by atoms with Crippen LogP contribution >= 0.6 is 0 Å². The molecule has 2 amide bonds. The third kappa shape index (κ3) is 6.14. The Kier molecular flexibility index (Phi) is 7.77. The van der Waals surface area contributed by atoms with E-state index in [0.29, 0.717) is 19.0 Å². The van der Waals surface area contributed by atoms with Crippen LogP contribution in [0.15, 0.2) is 42.5 Å². The van der Waals surface area contributed by atoms with Gasteiger partial charge >= 0.3 is 11.8 Å². The molecule has 0 aromatic heterocycles. The van der Waals surface area contributed by atoms with Crippen LogP contribution in [0.1, 0.15) is 6.42 Å². The fourth-order valence-corrected chi connectivity index (χ4v) is 3.46. The lowest BCUT2D eigenvalue weighted by Gasteiger charge is -2.36. The first-order chi connectivity index (χ1) is 15.0. The summed E-state index contributed by atoms with van der Waals surface area (Å²) in [6.07, 6.45) is 0.679. The number of piperazine rings is 1. The maximum Gasteiger partial charge on any atom is 0.313 e. The quantitative estimate of drug-likeness (QED) is 0.519. The maximum absolute atomic E-state index is 13.6. The normalized spacial score (nSPS) is 14.2. The van der Waals surface area contributed by atoms with Crippen LogP contribution in [0, 0.1) is 11.6 Å². The molecule has 31 heavy (non-hydrogen) atoms. The molecular weight excluding hydrogens is 406 g/mol. The van der Waals surface area contributed by atoms with Gasteiger partial charge < -0.3 is 20.3 Å². The van der Waals surface area contributed by atoms with Crippen molar-refractivity contribution in [3.63, 3.8) is 0 Å². The molecular formula is C22H26F2N4O3. The molecule has 0 saturated carbocycles. The molecule has 1 aliphatic rings. The van der Waals surface area contributed by atoms with E-state index in [1.807, 2.05) is 24.3 Å². The largest absolute Gasteiger partial charge is 0.495 e.